The van der Waals surface area contributed by atoms with E-state index in [1.54, 1.807) is 0 Å². The number of hydrogen-bond acceptors (Lipinski definition) is 3. The molecule has 0 bridgehead atoms. The second kappa shape index (κ2) is 5.31. The first-order chi connectivity index (χ1) is 9.90. The molecule has 4 nitrogen and oxygen atoms in total. The quantitative estimate of drug-likeness (QED) is 0.925. The van der Waals surface area contributed by atoms with Crippen LogP contribution in [0.4, 0.5) is 5.69 Å². The van der Waals surface area contributed by atoms with Gasteiger partial charge in [-0.2, -0.15) is 5.10 Å². The van der Waals surface area contributed by atoms with Crippen molar-refractivity contribution < 1.29 is 0 Å². The highest BCUT2D eigenvalue weighted by atomic mass is 15.3. The van der Waals surface area contributed by atoms with Crippen LogP contribution < -0.4 is 10.2 Å². The van der Waals surface area contributed by atoms with Gasteiger partial charge in [0.05, 0.1) is 11.9 Å². The third kappa shape index (κ3) is 2.83. The summed E-state index contributed by atoms with van der Waals surface area (Å²) in [6.45, 7) is 13.6. The van der Waals surface area contributed by atoms with Crippen molar-refractivity contribution >= 4 is 5.69 Å². The van der Waals surface area contributed by atoms with Crippen LogP contribution in [0.5, 0.6) is 0 Å². The van der Waals surface area contributed by atoms with Gasteiger partial charge in [0.1, 0.15) is 0 Å². The maximum Gasteiger partial charge on any atom is 0.0756 e. The zero-order chi connectivity index (χ0) is 15.2. The average molecular weight is 290 g/mol. The normalized spacial score (nSPS) is 30.4. The number of nitrogens with one attached hydrogen (secondary N) is 1. The topological polar surface area (TPSA) is 33.1 Å². The number of aromatic nitrogens is 2. The van der Waals surface area contributed by atoms with Crippen molar-refractivity contribution in [1.82, 2.24) is 15.1 Å². The van der Waals surface area contributed by atoms with Crippen molar-refractivity contribution in [3.8, 4) is 0 Å². The second-order valence-corrected chi connectivity index (χ2v) is 7.78. The lowest BCUT2D eigenvalue weighted by Crippen LogP contribution is -2.65. The Bertz CT molecular complexity index is 489. The van der Waals surface area contributed by atoms with E-state index in [4.69, 9.17) is 0 Å². The zero-order valence-electron chi connectivity index (χ0n) is 14.1. The Kier molecular flexibility index (Phi) is 3.76. The van der Waals surface area contributed by atoms with Crippen LogP contribution in [0.15, 0.2) is 12.4 Å². The highest BCUT2D eigenvalue weighted by Gasteiger charge is 2.46. The van der Waals surface area contributed by atoms with Crippen molar-refractivity contribution in [2.75, 3.05) is 18.0 Å². The molecular weight excluding hydrogens is 260 g/mol. The number of anilines is 1. The highest BCUT2D eigenvalue weighted by molar-refractivity contribution is 5.46. The van der Waals surface area contributed by atoms with E-state index >= 15 is 0 Å². The standard InChI is InChI=1S/C17H30N4/c1-12(2)16-9-18-17(5,14-6-7-14)11-20(16)15-8-19-21(10-15)13(3)4/h8,10,12-14,16,18H,6-7,9,11H2,1-5H3. The minimum absolute atomic E-state index is 0.269. The smallest absolute Gasteiger partial charge is 0.0756 e. The summed E-state index contributed by atoms with van der Waals surface area (Å²) in [5.74, 6) is 1.50. The lowest BCUT2D eigenvalue weighted by molar-refractivity contribution is 0.233. The maximum absolute atomic E-state index is 4.55. The molecule has 4 heteroatoms. The first kappa shape index (κ1) is 14.9. The molecule has 21 heavy (non-hydrogen) atoms. The van der Waals surface area contributed by atoms with Crippen LogP contribution in [-0.4, -0.2) is 34.5 Å². The van der Waals surface area contributed by atoms with E-state index in [9.17, 15) is 0 Å². The molecule has 0 spiro atoms. The van der Waals surface area contributed by atoms with Gasteiger partial charge in [0, 0.05) is 36.9 Å². The van der Waals surface area contributed by atoms with Gasteiger partial charge in [-0.05, 0) is 45.4 Å². The second-order valence-electron chi connectivity index (χ2n) is 7.78. The Morgan fingerprint density at radius 2 is 2.00 bits per heavy atom. The zero-order valence-corrected chi connectivity index (χ0v) is 14.1. The van der Waals surface area contributed by atoms with E-state index in [1.807, 2.05) is 6.20 Å². The number of rotatable bonds is 4. The summed E-state index contributed by atoms with van der Waals surface area (Å²) in [5.41, 5.74) is 1.56. The molecule has 3 rings (SSSR count). The van der Waals surface area contributed by atoms with Crippen LogP contribution in [0.3, 0.4) is 0 Å². The van der Waals surface area contributed by atoms with Crippen LogP contribution in [0, 0.1) is 11.8 Å². The van der Waals surface area contributed by atoms with Gasteiger partial charge in [0.15, 0.2) is 0 Å². The molecule has 0 aromatic carbocycles. The summed E-state index contributed by atoms with van der Waals surface area (Å²) in [5, 5.41) is 8.40. The van der Waals surface area contributed by atoms with Gasteiger partial charge in [-0.15, -0.1) is 0 Å². The monoisotopic (exact) mass is 290 g/mol. The molecule has 2 unspecified atom stereocenters. The Morgan fingerprint density at radius 3 is 2.52 bits per heavy atom. The number of hydrogen-bond donors (Lipinski definition) is 1. The van der Waals surface area contributed by atoms with E-state index in [0.29, 0.717) is 18.0 Å². The predicted molar refractivity (Wildman–Crippen MR) is 87.7 cm³/mol. The number of nitrogens with zero attached hydrogens (tertiary/aromatic N) is 3. The molecule has 1 saturated heterocycles. The third-order valence-electron chi connectivity index (χ3n) is 5.31. The molecule has 1 saturated carbocycles. The van der Waals surface area contributed by atoms with Crippen molar-refractivity contribution in [3.05, 3.63) is 12.4 Å². The van der Waals surface area contributed by atoms with Crippen LogP contribution in [-0.2, 0) is 0 Å². The SMILES string of the molecule is CC(C)C1CNC(C)(C2CC2)CN1c1cnn(C(C)C)c1. The molecule has 2 fully saturated rings. The summed E-state index contributed by atoms with van der Waals surface area (Å²) >= 11 is 0. The van der Waals surface area contributed by atoms with Gasteiger partial charge in [0.25, 0.3) is 0 Å². The van der Waals surface area contributed by atoms with Gasteiger partial charge in [-0.1, -0.05) is 13.8 Å². The average Bonchev–Trinajstić information content (AvgIpc) is 3.16. The van der Waals surface area contributed by atoms with Crippen molar-refractivity contribution in [3.63, 3.8) is 0 Å². The molecular formula is C17H30N4. The maximum atomic E-state index is 4.55. The largest absolute Gasteiger partial charge is 0.363 e. The first-order valence-electron chi connectivity index (χ1n) is 8.46. The fraction of sp³-hybridized carbons (Fsp3) is 0.824. The molecule has 2 atom stereocenters. The molecule has 1 N–H and O–H groups in total. The van der Waals surface area contributed by atoms with Crippen LogP contribution in [0.2, 0.25) is 0 Å². The molecule has 2 aliphatic rings. The van der Waals surface area contributed by atoms with Crippen molar-refractivity contribution in [2.45, 2.75) is 65.1 Å². The predicted octanol–water partition coefficient (Wildman–Crippen LogP) is 3.07. The minimum Gasteiger partial charge on any atom is -0.363 e. The summed E-state index contributed by atoms with van der Waals surface area (Å²) in [6.07, 6.45) is 7.04. The van der Waals surface area contributed by atoms with Gasteiger partial charge < -0.3 is 10.2 Å². The molecule has 1 aromatic heterocycles. The molecule has 0 amide bonds. The van der Waals surface area contributed by atoms with Crippen LogP contribution in [0.1, 0.15) is 53.5 Å². The van der Waals surface area contributed by atoms with Crippen molar-refractivity contribution in [2.24, 2.45) is 11.8 Å². The fourth-order valence-electron chi connectivity index (χ4n) is 3.61. The fourth-order valence-corrected chi connectivity index (χ4v) is 3.61. The molecule has 1 aliphatic heterocycles. The molecule has 1 aliphatic carbocycles. The Hall–Kier alpha value is -1.03. The van der Waals surface area contributed by atoms with Gasteiger partial charge >= 0.3 is 0 Å². The van der Waals surface area contributed by atoms with Crippen LogP contribution >= 0.6 is 0 Å². The molecule has 118 valence electrons. The highest BCUT2D eigenvalue weighted by Crippen LogP contribution is 2.42. The van der Waals surface area contributed by atoms with Gasteiger partial charge in [-0.3, -0.25) is 4.68 Å². The van der Waals surface area contributed by atoms with Gasteiger partial charge in [-0.25, -0.2) is 0 Å². The lowest BCUT2D eigenvalue weighted by Gasteiger charge is -2.48. The summed E-state index contributed by atoms with van der Waals surface area (Å²) in [4.78, 5) is 2.60. The van der Waals surface area contributed by atoms with E-state index in [2.05, 4.69) is 60.8 Å². The Morgan fingerprint density at radius 1 is 1.29 bits per heavy atom. The van der Waals surface area contributed by atoms with Gasteiger partial charge in [0.2, 0.25) is 0 Å². The number of piperazine rings is 1. The molecule has 0 radical (unpaired) electrons. The van der Waals surface area contributed by atoms with Crippen LogP contribution in [0.25, 0.3) is 0 Å². The summed E-state index contributed by atoms with van der Waals surface area (Å²) in [6, 6.07) is 0.982. The minimum atomic E-state index is 0.269. The Labute approximate surface area is 128 Å². The lowest BCUT2D eigenvalue weighted by atomic mass is 9.88. The summed E-state index contributed by atoms with van der Waals surface area (Å²) in [7, 11) is 0. The van der Waals surface area contributed by atoms with E-state index < -0.39 is 0 Å². The first-order valence-corrected chi connectivity index (χ1v) is 8.46. The van der Waals surface area contributed by atoms with E-state index in [1.165, 1.54) is 18.5 Å². The van der Waals surface area contributed by atoms with E-state index in [-0.39, 0.29) is 5.54 Å². The van der Waals surface area contributed by atoms with Crippen molar-refractivity contribution in [1.29, 1.82) is 0 Å². The molecule has 1 aromatic rings. The van der Waals surface area contributed by atoms with E-state index in [0.717, 1.165) is 19.0 Å². The molecule has 2 heterocycles. The summed E-state index contributed by atoms with van der Waals surface area (Å²) < 4.78 is 2.07. The Balaban J connectivity index is 1.85. The third-order valence-corrected chi connectivity index (χ3v) is 5.31.